The summed E-state index contributed by atoms with van der Waals surface area (Å²) < 4.78 is 6.56. The topological polar surface area (TPSA) is 56.1 Å². The van der Waals surface area contributed by atoms with Crippen molar-refractivity contribution >= 4 is 5.97 Å². The van der Waals surface area contributed by atoms with Crippen LogP contribution in [-0.4, -0.2) is 29.4 Å². The highest BCUT2D eigenvalue weighted by Gasteiger charge is 2.17. The lowest BCUT2D eigenvalue weighted by atomic mass is 10.1. The number of aryl methyl sites for hydroxylation is 1. The van der Waals surface area contributed by atoms with Gasteiger partial charge in [-0.1, -0.05) is 6.92 Å². The zero-order chi connectivity index (χ0) is 12.7. The molecule has 0 radical (unpaired) electrons. The van der Waals surface area contributed by atoms with E-state index in [0.717, 1.165) is 25.1 Å². The molecule has 1 rings (SSSR count). The molecule has 0 aliphatic rings. The Morgan fingerprint density at radius 3 is 2.88 bits per heavy atom. The Morgan fingerprint density at radius 1 is 1.59 bits per heavy atom. The standard InChI is InChI=1S/C12H21N3O2/c1-4-6-13-11(7-12(16)17-3)10-8-14-15(5-2)9-10/h8-9,11,13H,4-7H2,1-3H3. The normalized spacial score (nSPS) is 12.4. The lowest BCUT2D eigenvalue weighted by molar-refractivity contribution is -0.141. The summed E-state index contributed by atoms with van der Waals surface area (Å²) in [6.45, 7) is 5.83. The van der Waals surface area contributed by atoms with E-state index < -0.39 is 0 Å². The quantitative estimate of drug-likeness (QED) is 0.733. The highest BCUT2D eigenvalue weighted by atomic mass is 16.5. The Morgan fingerprint density at radius 2 is 2.35 bits per heavy atom. The fourth-order valence-electron chi connectivity index (χ4n) is 1.61. The van der Waals surface area contributed by atoms with Gasteiger partial charge in [0, 0.05) is 24.3 Å². The predicted molar refractivity (Wildman–Crippen MR) is 65.6 cm³/mol. The molecule has 0 aliphatic heterocycles. The molecule has 0 amide bonds. The molecule has 5 nitrogen and oxygen atoms in total. The van der Waals surface area contributed by atoms with Gasteiger partial charge in [-0.3, -0.25) is 9.48 Å². The number of aromatic nitrogens is 2. The van der Waals surface area contributed by atoms with Crippen molar-refractivity contribution in [2.75, 3.05) is 13.7 Å². The Balaban J connectivity index is 2.70. The molecule has 0 aliphatic carbocycles. The number of nitrogens with one attached hydrogen (secondary N) is 1. The number of ether oxygens (including phenoxy) is 1. The third kappa shape index (κ3) is 4.19. The third-order valence-corrected chi connectivity index (χ3v) is 2.62. The Labute approximate surface area is 102 Å². The molecule has 1 heterocycles. The molecular formula is C12H21N3O2. The van der Waals surface area contributed by atoms with Gasteiger partial charge in [-0.2, -0.15) is 5.10 Å². The zero-order valence-corrected chi connectivity index (χ0v) is 10.8. The number of hydrogen-bond acceptors (Lipinski definition) is 4. The van der Waals surface area contributed by atoms with Crippen molar-refractivity contribution in [3.05, 3.63) is 18.0 Å². The van der Waals surface area contributed by atoms with Gasteiger partial charge in [-0.25, -0.2) is 0 Å². The van der Waals surface area contributed by atoms with Crippen molar-refractivity contribution in [1.82, 2.24) is 15.1 Å². The molecule has 1 N–H and O–H groups in total. The van der Waals surface area contributed by atoms with Crippen LogP contribution in [0.2, 0.25) is 0 Å². The monoisotopic (exact) mass is 239 g/mol. The maximum atomic E-state index is 11.3. The van der Waals surface area contributed by atoms with Crippen LogP contribution in [0.3, 0.4) is 0 Å². The van der Waals surface area contributed by atoms with E-state index in [1.165, 1.54) is 7.11 Å². The minimum Gasteiger partial charge on any atom is -0.469 e. The van der Waals surface area contributed by atoms with Gasteiger partial charge in [0.15, 0.2) is 0 Å². The molecule has 1 atom stereocenters. The highest BCUT2D eigenvalue weighted by molar-refractivity contribution is 5.70. The van der Waals surface area contributed by atoms with Crippen LogP contribution in [0.15, 0.2) is 12.4 Å². The van der Waals surface area contributed by atoms with Gasteiger partial charge in [0.25, 0.3) is 0 Å². The van der Waals surface area contributed by atoms with Gasteiger partial charge in [0.05, 0.1) is 19.7 Å². The number of nitrogens with zero attached hydrogens (tertiary/aromatic N) is 2. The zero-order valence-electron chi connectivity index (χ0n) is 10.8. The van der Waals surface area contributed by atoms with Crippen molar-refractivity contribution in [2.24, 2.45) is 0 Å². The molecule has 0 fully saturated rings. The molecule has 17 heavy (non-hydrogen) atoms. The molecule has 0 spiro atoms. The summed E-state index contributed by atoms with van der Waals surface area (Å²) in [5, 5.41) is 7.56. The second kappa shape index (κ2) is 7.06. The van der Waals surface area contributed by atoms with Crippen LogP contribution in [0.4, 0.5) is 0 Å². The van der Waals surface area contributed by atoms with E-state index in [1.54, 1.807) is 6.20 Å². The van der Waals surface area contributed by atoms with Gasteiger partial charge in [-0.05, 0) is 19.9 Å². The van der Waals surface area contributed by atoms with Crippen molar-refractivity contribution < 1.29 is 9.53 Å². The van der Waals surface area contributed by atoms with Gasteiger partial charge in [0.2, 0.25) is 0 Å². The molecular weight excluding hydrogens is 218 g/mol. The van der Waals surface area contributed by atoms with Crippen molar-refractivity contribution in [3.63, 3.8) is 0 Å². The van der Waals surface area contributed by atoms with E-state index in [-0.39, 0.29) is 12.0 Å². The summed E-state index contributed by atoms with van der Waals surface area (Å²) in [6.07, 6.45) is 5.14. The first-order valence-electron chi connectivity index (χ1n) is 6.03. The molecule has 1 unspecified atom stereocenters. The first-order valence-corrected chi connectivity index (χ1v) is 6.03. The maximum absolute atomic E-state index is 11.3. The van der Waals surface area contributed by atoms with Gasteiger partial charge >= 0.3 is 5.97 Å². The van der Waals surface area contributed by atoms with Crippen molar-refractivity contribution in [1.29, 1.82) is 0 Å². The SMILES string of the molecule is CCCNC(CC(=O)OC)c1cnn(CC)c1. The molecule has 0 bridgehead atoms. The lowest BCUT2D eigenvalue weighted by Gasteiger charge is -2.15. The van der Waals surface area contributed by atoms with E-state index in [0.29, 0.717) is 6.42 Å². The summed E-state index contributed by atoms with van der Waals surface area (Å²) in [5.41, 5.74) is 1.03. The Kier molecular flexibility index (Phi) is 5.69. The van der Waals surface area contributed by atoms with E-state index >= 15 is 0 Å². The van der Waals surface area contributed by atoms with Crippen LogP contribution < -0.4 is 5.32 Å². The summed E-state index contributed by atoms with van der Waals surface area (Å²) in [7, 11) is 1.41. The van der Waals surface area contributed by atoms with Gasteiger partial charge < -0.3 is 10.1 Å². The van der Waals surface area contributed by atoms with E-state index in [4.69, 9.17) is 4.74 Å². The number of hydrogen-bond donors (Lipinski definition) is 1. The summed E-state index contributed by atoms with van der Waals surface area (Å²) >= 11 is 0. The van der Waals surface area contributed by atoms with Crippen LogP contribution in [0.1, 0.15) is 38.3 Å². The number of carbonyl (C=O) groups is 1. The molecule has 96 valence electrons. The fourth-order valence-corrected chi connectivity index (χ4v) is 1.61. The average molecular weight is 239 g/mol. The highest BCUT2D eigenvalue weighted by Crippen LogP contribution is 2.16. The van der Waals surface area contributed by atoms with Gasteiger partial charge in [-0.15, -0.1) is 0 Å². The van der Waals surface area contributed by atoms with Crippen LogP contribution in [-0.2, 0) is 16.1 Å². The average Bonchev–Trinajstić information content (AvgIpc) is 2.82. The second-order valence-corrected chi connectivity index (χ2v) is 3.92. The Bertz CT molecular complexity index is 349. The number of methoxy groups -OCH3 is 1. The van der Waals surface area contributed by atoms with Crippen molar-refractivity contribution in [3.8, 4) is 0 Å². The minimum atomic E-state index is -0.206. The van der Waals surface area contributed by atoms with Crippen LogP contribution in [0, 0.1) is 0 Å². The summed E-state index contributed by atoms with van der Waals surface area (Å²) in [6, 6.07) is -0.0114. The minimum absolute atomic E-state index is 0.0114. The van der Waals surface area contributed by atoms with Crippen molar-refractivity contribution in [2.45, 2.75) is 39.3 Å². The fraction of sp³-hybridized carbons (Fsp3) is 0.667. The molecule has 0 saturated heterocycles. The van der Waals surface area contributed by atoms with E-state index in [2.05, 4.69) is 17.3 Å². The first-order chi connectivity index (χ1) is 8.21. The molecule has 1 aromatic rings. The van der Waals surface area contributed by atoms with E-state index in [9.17, 15) is 4.79 Å². The maximum Gasteiger partial charge on any atom is 0.307 e. The van der Waals surface area contributed by atoms with Gasteiger partial charge in [0.1, 0.15) is 0 Å². The molecule has 0 saturated carbocycles. The second-order valence-electron chi connectivity index (χ2n) is 3.92. The number of carbonyl (C=O) groups excluding carboxylic acids is 1. The molecule has 1 aromatic heterocycles. The number of rotatable bonds is 7. The van der Waals surface area contributed by atoms with Crippen LogP contribution in [0.25, 0.3) is 0 Å². The van der Waals surface area contributed by atoms with Crippen LogP contribution in [0.5, 0.6) is 0 Å². The summed E-state index contributed by atoms with van der Waals surface area (Å²) in [5.74, 6) is -0.206. The summed E-state index contributed by atoms with van der Waals surface area (Å²) in [4.78, 5) is 11.3. The third-order valence-electron chi connectivity index (χ3n) is 2.62. The van der Waals surface area contributed by atoms with Crippen LogP contribution >= 0.6 is 0 Å². The predicted octanol–water partition coefficient (Wildman–Crippen LogP) is 1.51. The largest absolute Gasteiger partial charge is 0.469 e. The van der Waals surface area contributed by atoms with E-state index in [1.807, 2.05) is 17.8 Å². The first kappa shape index (κ1) is 13.7. The molecule has 0 aromatic carbocycles. The lowest BCUT2D eigenvalue weighted by Crippen LogP contribution is -2.24. The molecule has 5 heteroatoms. The Hall–Kier alpha value is -1.36. The number of esters is 1. The smallest absolute Gasteiger partial charge is 0.307 e.